The number of hydrogen-bond acceptors (Lipinski definition) is 10. The molecule has 0 radical (unpaired) electrons. The number of fused-ring (bicyclic) bond motifs is 5. The smallest absolute Gasteiger partial charge is 0.312 e. The summed E-state index contributed by atoms with van der Waals surface area (Å²) in [6.45, 7) is 20.0. The van der Waals surface area contributed by atoms with Gasteiger partial charge in [0.05, 0.1) is 33.9 Å². The third-order valence-electron chi connectivity index (χ3n) is 18.7. The van der Waals surface area contributed by atoms with Crippen LogP contribution in [0.5, 0.6) is 0 Å². The monoisotopic (exact) mass is 839 g/mol. The van der Waals surface area contributed by atoms with Crippen molar-refractivity contribution in [1.82, 2.24) is 0 Å². The van der Waals surface area contributed by atoms with Gasteiger partial charge in [-0.2, -0.15) is 0 Å². The summed E-state index contributed by atoms with van der Waals surface area (Å²) in [5.41, 5.74) is -2.30. The molecule has 3 heterocycles. The van der Waals surface area contributed by atoms with Gasteiger partial charge in [-0.15, -0.1) is 0 Å². The summed E-state index contributed by atoms with van der Waals surface area (Å²) in [5, 5.41) is 10.6. The van der Waals surface area contributed by atoms with Crippen LogP contribution in [-0.4, -0.2) is 70.2 Å². The van der Waals surface area contributed by atoms with Crippen LogP contribution in [0.1, 0.15) is 178 Å². The summed E-state index contributed by atoms with van der Waals surface area (Å²) in [4.78, 5) is 48.8. The van der Waals surface area contributed by atoms with Crippen LogP contribution in [0.2, 0.25) is 0 Å². The molecule has 12 rings (SSSR count). The first-order chi connectivity index (χ1) is 28.1. The van der Waals surface area contributed by atoms with Crippen molar-refractivity contribution in [2.45, 2.75) is 220 Å². The molecule has 12 unspecified atom stereocenters. The lowest BCUT2D eigenvalue weighted by molar-refractivity contribution is -0.225. The first-order valence-corrected chi connectivity index (χ1v) is 24.4. The van der Waals surface area contributed by atoms with Gasteiger partial charge in [0, 0.05) is 12.3 Å². The highest BCUT2D eigenvalue weighted by atomic mass is 16.7. The summed E-state index contributed by atoms with van der Waals surface area (Å²) in [6.07, 6.45) is 16.8. The van der Waals surface area contributed by atoms with Crippen molar-refractivity contribution in [3.8, 4) is 0 Å². The van der Waals surface area contributed by atoms with Crippen LogP contribution in [0.3, 0.4) is 0 Å². The lowest BCUT2D eigenvalue weighted by Crippen LogP contribution is -2.61. The van der Waals surface area contributed by atoms with Gasteiger partial charge in [0.25, 0.3) is 0 Å². The molecule has 12 aliphatic rings. The minimum absolute atomic E-state index is 0.0481. The fraction of sp³-hybridized carbons (Fsp3) is 0.920. The predicted octanol–water partition coefficient (Wildman–Crippen LogP) is 9.30. The zero-order valence-electron chi connectivity index (χ0n) is 38.6. The number of hydrogen-bond donors (Lipinski definition) is 1. The summed E-state index contributed by atoms with van der Waals surface area (Å²) < 4.78 is 28.8. The Morgan fingerprint density at radius 2 is 1.23 bits per heavy atom. The number of carbonyl (C=O) groups is 4. The van der Waals surface area contributed by atoms with Crippen molar-refractivity contribution in [2.75, 3.05) is 0 Å². The van der Waals surface area contributed by atoms with Crippen LogP contribution in [0.25, 0.3) is 0 Å². The minimum Gasteiger partial charge on any atom is -0.459 e. The molecular formula is C50H78O10. The second-order valence-corrected chi connectivity index (χ2v) is 23.7. The van der Waals surface area contributed by atoms with E-state index < -0.39 is 28.6 Å². The number of esters is 4. The summed E-state index contributed by atoms with van der Waals surface area (Å²) in [5.74, 6) is 5.77. The number of aliphatic hydroxyl groups is 1. The Bertz CT molecular complexity index is 1660. The van der Waals surface area contributed by atoms with Crippen molar-refractivity contribution in [2.24, 2.45) is 69.5 Å². The van der Waals surface area contributed by atoms with E-state index in [2.05, 4.69) is 13.8 Å². The van der Waals surface area contributed by atoms with Crippen molar-refractivity contribution in [1.29, 1.82) is 0 Å². The molecule has 0 amide bonds. The molecule has 9 aliphatic carbocycles. The Hall–Kier alpha value is -2.20. The average molecular weight is 839 g/mol. The van der Waals surface area contributed by atoms with Crippen LogP contribution in [0.4, 0.5) is 0 Å². The normalized spacial score (nSPS) is 44.6. The third kappa shape index (κ3) is 7.57. The Morgan fingerprint density at radius 3 is 1.78 bits per heavy atom. The highest BCUT2D eigenvalue weighted by molar-refractivity contribution is 5.79. The lowest BCUT2D eigenvalue weighted by atomic mass is 9.52. The first-order valence-electron chi connectivity index (χ1n) is 24.4. The topological polar surface area (TPSA) is 135 Å². The third-order valence-corrected chi connectivity index (χ3v) is 18.7. The van der Waals surface area contributed by atoms with E-state index in [-0.39, 0.29) is 58.6 Å². The average Bonchev–Trinajstić information content (AvgIpc) is 4.01. The zero-order valence-corrected chi connectivity index (χ0v) is 38.6. The molecule has 0 aromatic carbocycles. The number of ether oxygens (including phenoxy) is 5. The Kier molecular flexibility index (Phi) is 11.5. The fourth-order valence-electron chi connectivity index (χ4n) is 14.5. The molecule has 12 fully saturated rings. The van der Waals surface area contributed by atoms with Crippen molar-refractivity contribution in [3.63, 3.8) is 0 Å². The molecule has 0 spiro atoms. The second-order valence-electron chi connectivity index (χ2n) is 23.7. The van der Waals surface area contributed by atoms with Gasteiger partial charge in [-0.3, -0.25) is 19.2 Å². The van der Waals surface area contributed by atoms with Gasteiger partial charge < -0.3 is 28.8 Å². The summed E-state index contributed by atoms with van der Waals surface area (Å²) in [6, 6.07) is 0. The maximum Gasteiger partial charge on any atom is 0.312 e. The Morgan fingerprint density at radius 1 is 0.683 bits per heavy atom. The first kappa shape index (κ1) is 44.4. The summed E-state index contributed by atoms with van der Waals surface area (Å²) >= 11 is 0. The van der Waals surface area contributed by atoms with Gasteiger partial charge in [-0.1, -0.05) is 27.7 Å². The van der Waals surface area contributed by atoms with Gasteiger partial charge in [-0.05, 0) is 186 Å². The van der Waals surface area contributed by atoms with Crippen molar-refractivity contribution in [3.05, 3.63) is 0 Å². The lowest BCUT2D eigenvalue weighted by Gasteiger charge is -2.59. The molecular weight excluding hydrogens is 761 g/mol. The minimum atomic E-state index is -0.555. The highest BCUT2D eigenvalue weighted by Gasteiger charge is 2.67. The van der Waals surface area contributed by atoms with Gasteiger partial charge in [0.2, 0.25) is 0 Å². The second kappa shape index (κ2) is 15.5. The molecule has 9 saturated carbocycles. The molecule has 0 aromatic rings. The van der Waals surface area contributed by atoms with Gasteiger partial charge in [0.15, 0.2) is 12.2 Å². The molecule has 3 aliphatic heterocycles. The van der Waals surface area contributed by atoms with E-state index in [9.17, 15) is 24.3 Å². The molecule has 10 heteroatoms. The molecule has 12 atom stereocenters. The zero-order chi connectivity index (χ0) is 43.4. The van der Waals surface area contributed by atoms with Crippen LogP contribution in [0.15, 0.2) is 0 Å². The molecule has 60 heavy (non-hydrogen) atoms. The van der Waals surface area contributed by atoms with Crippen LogP contribution in [-0.2, 0) is 42.9 Å². The van der Waals surface area contributed by atoms with E-state index in [0.29, 0.717) is 37.0 Å². The van der Waals surface area contributed by atoms with Gasteiger partial charge >= 0.3 is 23.9 Å². The van der Waals surface area contributed by atoms with Crippen LogP contribution < -0.4 is 0 Å². The standard InChI is InChI=1S/C21H34O2.C16H26O3.C13H18O5/c1-5-20(3,4)19(22)23-21(6-2)12-15-11-16(21)18-14-9-7-13(8-10-14)17(15)18;1-4-14(2,3)13(17)19-16-8-11-5-12(9-16)7-15(18,6-11)10-16;1-4-13(2,3)12(15)18-9-7-5-6-8(16-7)10(9)17-11(6)14/h13-18H,5-12H2,1-4H3;11-12,18H,4-10H2,1-3H3;6-10H,4-5H2,1-3H3. The van der Waals surface area contributed by atoms with Crippen molar-refractivity contribution < 1.29 is 48.0 Å². The molecule has 10 nitrogen and oxygen atoms in total. The Labute approximate surface area is 360 Å². The summed E-state index contributed by atoms with van der Waals surface area (Å²) in [7, 11) is 0. The maximum atomic E-state index is 12.8. The van der Waals surface area contributed by atoms with E-state index in [1.54, 1.807) is 0 Å². The van der Waals surface area contributed by atoms with Crippen LogP contribution in [0, 0.1) is 69.5 Å². The number of rotatable bonds is 10. The van der Waals surface area contributed by atoms with E-state index >= 15 is 0 Å². The molecule has 1 N–H and O–H groups in total. The van der Waals surface area contributed by atoms with Crippen LogP contribution >= 0.6 is 0 Å². The molecule has 338 valence electrons. The predicted molar refractivity (Wildman–Crippen MR) is 225 cm³/mol. The SMILES string of the molecule is CCC(C)(C)C(=O)OC1(CC)CC2CC1C1C3CCC(CC3)C21.CCC(C)(C)C(=O)OC12CC3CC(CC(O)(C3)C1)C2.CCC(C)(C)C(=O)OC1C2CC3C(=O)OC1C3O2. The maximum absolute atomic E-state index is 12.8. The highest BCUT2D eigenvalue weighted by Crippen LogP contribution is 2.69. The number of carbonyl (C=O) groups excluding carboxylic acids is 4. The molecule has 10 bridgehead atoms. The van der Waals surface area contributed by atoms with Gasteiger partial charge in [0.1, 0.15) is 17.3 Å². The van der Waals surface area contributed by atoms with E-state index in [4.69, 9.17) is 23.7 Å². The fourth-order valence-corrected chi connectivity index (χ4v) is 14.5. The van der Waals surface area contributed by atoms with E-state index in [1.165, 1.54) is 38.5 Å². The molecule has 3 saturated heterocycles. The molecule has 0 aromatic heterocycles. The van der Waals surface area contributed by atoms with E-state index in [0.717, 1.165) is 81.0 Å². The quantitative estimate of drug-likeness (QED) is 0.168. The van der Waals surface area contributed by atoms with E-state index in [1.807, 2.05) is 55.4 Å². The Balaban J connectivity index is 0.000000126. The largest absolute Gasteiger partial charge is 0.459 e. The van der Waals surface area contributed by atoms with Crippen molar-refractivity contribution >= 4 is 23.9 Å². The van der Waals surface area contributed by atoms with Gasteiger partial charge in [-0.25, -0.2) is 0 Å².